The smallest absolute Gasteiger partial charge is 0.322 e. The first kappa shape index (κ1) is 23.8. The van der Waals surface area contributed by atoms with Crippen LogP contribution in [0, 0.1) is 11.8 Å². The summed E-state index contributed by atoms with van der Waals surface area (Å²) in [6.07, 6.45) is 8.40. The Balaban J connectivity index is 1.18. The number of carbonyl (C=O) groups excluding carboxylic acids is 1. The van der Waals surface area contributed by atoms with Crippen LogP contribution in [-0.4, -0.2) is 80.2 Å². The van der Waals surface area contributed by atoms with Crippen molar-refractivity contribution in [2.75, 3.05) is 43.1 Å². The number of fused-ring (bicyclic) bond motifs is 1. The van der Waals surface area contributed by atoms with E-state index in [2.05, 4.69) is 27.4 Å². The lowest BCUT2D eigenvalue weighted by Crippen LogP contribution is -2.56. The maximum atomic E-state index is 13.7. The molecule has 0 radical (unpaired) electrons. The van der Waals surface area contributed by atoms with Crippen molar-refractivity contribution in [3.8, 4) is 11.4 Å². The number of nitrogens with zero attached hydrogens (tertiary/aromatic N) is 6. The summed E-state index contributed by atoms with van der Waals surface area (Å²) in [5.74, 6) is -1.23. The van der Waals surface area contributed by atoms with Gasteiger partial charge in [0, 0.05) is 37.4 Å². The normalized spacial score (nSPS) is 25.7. The highest BCUT2D eigenvalue weighted by Crippen LogP contribution is 2.50. The first-order valence-corrected chi connectivity index (χ1v) is 13.5. The molecule has 10 nitrogen and oxygen atoms in total. The number of halogens is 2. The van der Waals surface area contributed by atoms with E-state index in [1.807, 2.05) is 15.6 Å². The van der Waals surface area contributed by atoms with Crippen molar-refractivity contribution in [3.63, 3.8) is 0 Å². The highest BCUT2D eigenvalue weighted by Gasteiger charge is 2.52. The van der Waals surface area contributed by atoms with Crippen molar-refractivity contribution in [2.24, 2.45) is 11.8 Å². The second-order valence-corrected chi connectivity index (χ2v) is 11.6. The average Bonchev–Trinajstić information content (AvgIpc) is 3.25. The van der Waals surface area contributed by atoms with Gasteiger partial charge in [-0.15, -0.1) is 0 Å². The molecule has 0 unspecified atom stereocenters. The minimum absolute atomic E-state index is 0.00330. The number of hydrogen-bond acceptors (Lipinski definition) is 6. The Morgan fingerprint density at radius 1 is 1.26 bits per heavy atom. The van der Waals surface area contributed by atoms with Crippen molar-refractivity contribution >= 4 is 28.4 Å². The number of H-pyrrole nitrogens is 1. The predicted octanol–water partition coefficient (Wildman–Crippen LogP) is 4.11. The van der Waals surface area contributed by atoms with Crippen molar-refractivity contribution in [1.82, 2.24) is 29.9 Å². The monoisotopic (exact) mass is 526 g/mol. The molecule has 4 aliphatic rings. The van der Waals surface area contributed by atoms with E-state index in [1.165, 1.54) is 0 Å². The minimum atomic E-state index is -2.70. The van der Waals surface area contributed by atoms with Crippen LogP contribution in [0.2, 0.25) is 0 Å². The van der Waals surface area contributed by atoms with Gasteiger partial charge in [-0.1, -0.05) is 6.92 Å². The third-order valence-corrected chi connectivity index (χ3v) is 8.57. The molecule has 1 aliphatic carbocycles. The van der Waals surface area contributed by atoms with Gasteiger partial charge < -0.3 is 19.9 Å². The van der Waals surface area contributed by atoms with Crippen LogP contribution in [0.4, 0.5) is 25.1 Å². The topological polar surface area (TPSA) is 104 Å². The van der Waals surface area contributed by atoms with Gasteiger partial charge in [0.05, 0.1) is 48.2 Å². The summed E-state index contributed by atoms with van der Waals surface area (Å²) in [5.41, 5.74) is 2.58. The van der Waals surface area contributed by atoms with Crippen LogP contribution < -0.4 is 10.2 Å². The van der Waals surface area contributed by atoms with Crippen molar-refractivity contribution < 1.29 is 18.3 Å². The number of likely N-dealkylation sites (tertiary alicyclic amines) is 1. The van der Waals surface area contributed by atoms with Gasteiger partial charge in [-0.05, 0) is 44.1 Å². The molecule has 4 fully saturated rings. The molecule has 1 spiro atoms. The number of anilines is 2. The van der Waals surface area contributed by atoms with E-state index in [1.54, 1.807) is 17.3 Å². The van der Waals surface area contributed by atoms with E-state index in [4.69, 9.17) is 9.84 Å². The number of urea groups is 1. The summed E-state index contributed by atoms with van der Waals surface area (Å²) in [5, 5.41) is 15.7. The fraction of sp³-hybridized carbons (Fsp3) is 0.615. The lowest BCUT2D eigenvalue weighted by atomic mass is 9.91. The van der Waals surface area contributed by atoms with Crippen molar-refractivity contribution in [3.05, 3.63) is 18.5 Å². The number of pyridine rings is 1. The van der Waals surface area contributed by atoms with Gasteiger partial charge >= 0.3 is 6.03 Å². The number of rotatable bonds is 5. The summed E-state index contributed by atoms with van der Waals surface area (Å²) < 4.78 is 34.7. The Hall–Kier alpha value is -3.28. The summed E-state index contributed by atoms with van der Waals surface area (Å²) in [7, 11) is 0. The number of aromatic nitrogens is 5. The first-order chi connectivity index (χ1) is 18.3. The first-order valence-electron chi connectivity index (χ1n) is 13.5. The molecule has 3 saturated heterocycles. The molecule has 3 aliphatic heterocycles. The van der Waals surface area contributed by atoms with E-state index in [0.717, 1.165) is 56.2 Å². The molecular formula is C26H32F2N8O2. The number of hydrogen-bond donors (Lipinski definition) is 2. The number of piperidine rings is 1. The van der Waals surface area contributed by atoms with Crippen LogP contribution in [0.25, 0.3) is 22.3 Å². The molecule has 38 heavy (non-hydrogen) atoms. The molecule has 6 heterocycles. The van der Waals surface area contributed by atoms with Gasteiger partial charge in [0.25, 0.3) is 5.92 Å². The van der Waals surface area contributed by atoms with E-state index >= 15 is 0 Å². The zero-order chi connectivity index (χ0) is 26.1. The molecule has 2 amide bonds. The van der Waals surface area contributed by atoms with Gasteiger partial charge in [-0.2, -0.15) is 10.2 Å². The lowest BCUT2D eigenvalue weighted by Gasteiger charge is -2.39. The molecule has 2 atom stereocenters. The fourth-order valence-corrected chi connectivity index (χ4v) is 6.34. The maximum absolute atomic E-state index is 13.7. The Bertz CT molecular complexity index is 1370. The molecule has 1 saturated carbocycles. The van der Waals surface area contributed by atoms with Crippen molar-refractivity contribution in [1.29, 1.82) is 0 Å². The molecule has 2 N–H and O–H groups in total. The summed E-state index contributed by atoms with van der Waals surface area (Å²) >= 11 is 0. The lowest BCUT2D eigenvalue weighted by molar-refractivity contribution is -0.0266. The number of nitrogens with one attached hydrogen (secondary N) is 2. The van der Waals surface area contributed by atoms with Crippen LogP contribution in [0.15, 0.2) is 18.5 Å². The predicted molar refractivity (Wildman–Crippen MR) is 137 cm³/mol. The number of aromatic amines is 1. The highest BCUT2D eigenvalue weighted by molar-refractivity contribution is 5.96. The van der Waals surface area contributed by atoms with Gasteiger partial charge in [0.15, 0.2) is 5.82 Å². The van der Waals surface area contributed by atoms with Crippen molar-refractivity contribution in [2.45, 2.75) is 57.0 Å². The fourth-order valence-electron chi connectivity index (χ4n) is 6.34. The largest absolute Gasteiger partial charge is 0.381 e. The second-order valence-electron chi connectivity index (χ2n) is 11.6. The van der Waals surface area contributed by atoms with Crippen LogP contribution in [0.1, 0.15) is 39.0 Å². The van der Waals surface area contributed by atoms with Crippen LogP contribution in [0.5, 0.6) is 0 Å². The summed E-state index contributed by atoms with van der Waals surface area (Å²) in [6, 6.07) is 1.79. The molecule has 7 rings (SSSR count). The number of alkyl halides is 2. The number of ether oxygens (including phenoxy) is 1. The van der Waals surface area contributed by atoms with Gasteiger partial charge in [0.1, 0.15) is 5.69 Å². The molecular weight excluding hydrogens is 494 g/mol. The third-order valence-electron chi connectivity index (χ3n) is 8.57. The standard InChI is InChI=1S/C26H32F2N8O2/c1-16-2-6-35(25(9-16)4-5-25)24(37)31-20-11-30-32-22(20)19-8-21-18(10-29-19)23(34-14-26(27,28)15-34)33-36(21)12-17-3-7-38-13-17/h8,10-11,16-17H,2-7,9,12-15H2,1H3,(H,30,32)(H,31,37)/t16-,17-/m1/s1. The molecule has 12 heteroatoms. The van der Waals surface area contributed by atoms with E-state index in [-0.39, 0.29) is 24.7 Å². The van der Waals surface area contributed by atoms with Crippen LogP contribution in [-0.2, 0) is 11.3 Å². The Labute approximate surface area is 218 Å². The Morgan fingerprint density at radius 3 is 2.84 bits per heavy atom. The van der Waals surface area contributed by atoms with E-state index in [0.29, 0.717) is 47.9 Å². The van der Waals surface area contributed by atoms with Crippen LogP contribution in [0.3, 0.4) is 0 Å². The average molecular weight is 527 g/mol. The SMILES string of the molecule is C[C@@H]1CCN(C(=O)Nc2cn[nH]c2-c2cc3c(cn2)c(N2CC(F)(F)C2)nn3C[C@H]2CCOC2)C2(CC2)C1. The number of carbonyl (C=O) groups is 1. The molecule has 202 valence electrons. The maximum Gasteiger partial charge on any atom is 0.322 e. The quantitative estimate of drug-likeness (QED) is 0.519. The van der Waals surface area contributed by atoms with Gasteiger partial charge in [0.2, 0.25) is 0 Å². The zero-order valence-corrected chi connectivity index (χ0v) is 21.4. The molecule has 3 aromatic heterocycles. The zero-order valence-electron chi connectivity index (χ0n) is 21.4. The van der Waals surface area contributed by atoms with E-state index in [9.17, 15) is 13.6 Å². The summed E-state index contributed by atoms with van der Waals surface area (Å²) in [4.78, 5) is 21.5. The summed E-state index contributed by atoms with van der Waals surface area (Å²) in [6.45, 7) is 4.33. The van der Waals surface area contributed by atoms with Gasteiger partial charge in [-0.3, -0.25) is 14.8 Å². The Kier molecular flexibility index (Phi) is 5.40. The van der Waals surface area contributed by atoms with E-state index < -0.39 is 5.92 Å². The second kappa shape index (κ2) is 8.62. The van der Waals surface area contributed by atoms with Crippen LogP contribution >= 0.6 is 0 Å². The molecule has 3 aromatic rings. The highest BCUT2D eigenvalue weighted by atomic mass is 19.3. The third kappa shape index (κ3) is 4.09. The molecule has 0 bridgehead atoms. The molecule has 0 aromatic carbocycles. The minimum Gasteiger partial charge on any atom is -0.381 e. The van der Waals surface area contributed by atoms with Gasteiger partial charge in [-0.25, -0.2) is 13.6 Å². The Morgan fingerprint density at radius 2 is 2.11 bits per heavy atom. The number of amides is 2.